The summed E-state index contributed by atoms with van der Waals surface area (Å²) < 4.78 is 65.2. The van der Waals surface area contributed by atoms with E-state index in [0.717, 1.165) is 37.7 Å². The van der Waals surface area contributed by atoms with E-state index in [9.17, 15) is 21.6 Å². The van der Waals surface area contributed by atoms with Crippen molar-refractivity contribution in [3.05, 3.63) is 35.7 Å². The van der Waals surface area contributed by atoms with Crippen molar-refractivity contribution in [1.29, 1.82) is 0 Å². The molecule has 6 fully saturated rings. The third kappa shape index (κ3) is 2.69. The van der Waals surface area contributed by atoms with E-state index in [0.29, 0.717) is 41.0 Å². The molecule has 10 heteroatoms. The van der Waals surface area contributed by atoms with Crippen LogP contribution in [-0.2, 0) is 21.4 Å². The minimum atomic E-state index is -4.49. The first-order valence-corrected chi connectivity index (χ1v) is 13.9. The Labute approximate surface area is 196 Å². The summed E-state index contributed by atoms with van der Waals surface area (Å²) in [4.78, 5) is 6.40. The van der Waals surface area contributed by atoms with E-state index < -0.39 is 21.7 Å². The van der Waals surface area contributed by atoms with Crippen molar-refractivity contribution in [2.75, 3.05) is 24.6 Å². The van der Waals surface area contributed by atoms with Gasteiger partial charge in [0.15, 0.2) is 9.84 Å². The fourth-order valence-corrected chi connectivity index (χ4v) is 10.2. The van der Waals surface area contributed by atoms with Crippen LogP contribution in [0.1, 0.15) is 44.1 Å². The highest BCUT2D eigenvalue weighted by atomic mass is 32.2. The van der Waals surface area contributed by atoms with Crippen molar-refractivity contribution in [2.45, 2.75) is 50.4 Å². The molecule has 6 aliphatic rings. The van der Waals surface area contributed by atoms with E-state index in [1.807, 2.05) is 10.7 Å². The molecule has 2 aliphatic heterocycles. The van der Waals surface area contributed by atoms with Gasteiger partial charge in [0, 0.05) is 35.2 Å². The maximum Gasteiger partial charge on any atom is 0.433 e. The molecule has 34 heavy (non-hydrogen) atoms. The van der Waals surface area contributed by atoms with E-state index in [-0.39, 0.29) is 22.6 Å². The van der Waals surface area contributed by atoms with Crippen molar-refractivity contribution >= 4 is 9.84 Å². The molecule has 1 spiro atoms. The molecular weight excluding hydrogens is 465 g/mol. The van der Waals surface area contributed by atoms with E-state index in [4.69, 9.17) is 5.10 Å². The fourth-order valence-electron chi connectivity index (χ4n) is 7.92. The third-order valence-electron chi connectivity index (χ3n) is 9.19. The van der Waals surface area contributed by atoms with Gasteiger partial charge in [-0.1, -0.05) is 6.07 Å². The Hall–Kier alpha value is -1.94. The summed E-state index contributed by atoms with van der Waals surface area (Å²) in [5.74, 6) is 2.43. The highest BCUT2D eigenvalue weighted by molar-refractivity contribution is 7.92. The molecule has 8 rings (SSSR count). The summed E-state index contributed by atoms with van der Waals surface area (Å²) >= 11 is 0. The molecule has 2 aromatic heterocycles. The molecule has 0 N–H and O–H groups in total. The predicted octanol–water partition coefficient (Wildman–Crippen LogP) is 3.55. The van der Waals surface area contributed by atoms with Crippen molar-refractivity contribution in [2.24, 2.45) is 23.2 Å². The molecular formula is C24H27F3N4O2S. The number of likely N-dealkylation sites (tertiary alicyclic amines) is 1. The highest BCUT2D eigenvalue weighted by Gasteiger charge is 2.93. The maximum atomic E-state index is 13.2. The van der Waals surface area contributed by atoms with Crippen LogP contribution in [0.4, 0.5) is 13.2 Å². The Kier molecular flexibility index (Phi) is 3.92. The number of rotatable bonds is 4. The fraction of sp³-hybridized carbons (Fsp3) is 0.667. The molecule has 6 nitrogen and oxygen atoms in total. The van der Waals surface area contributed by atoms with Gasteiger partial charge < -0.3 is 0 Å². The average molecular weight is 493 g/mol. The van der Waals surface area contributed by atoms with Gasteiger partial charge in [-0.05, 0) is 69.2 Å². The van der Waals surface area contributed by atoms with Crippen LogP contribution in [0.2, 0.25) is 0 Å². The number of alkyl halides is 3. The van der Waals surface area contributed by atoms with Crippen LogP contribution in [0, 0.1) is 23.2 Å². The van der Waals surface area contributed by atoms with Gasteiger partial charge in [0.2, 0.25) is 0 Å². The first-order valence-electron chi connectivity index (χ1n) is 12.0. The molecule has 4 heterocycles. The van der Waals surface area contributed by atoms with E-state index in [1.165, 1.54) is 6.07 Å². The predicted molar refractivity (Wildman–Crippen MR) is 119 cm³/mol. The second-order valence-electron chi connectivity index (χ2n) is 11.5. The molecule has 5 atom stereocenters. The second-order valence-corrected chi connectivity index (χ2v) is 13.6. The topological polar surface area (TPSA) is 68.1 Å². The van der Waals surface area contributed by atoms with Gasteiger partial charge in [-0.3, -0.25) is 9.58 Å². The first kappa shape index (κ1) is 21.4. The summed E-state index contributed by atoms with van der Waals surface area (Å²) in [5, 5.41) is 4.72. The van der Waals surface area contributed by atoms with Gasteiger partial charge in [0.05, 0.1) is 17.2 Å². The van der Waals surface area contributed by atoms with Crippen LogP contribution in [0.15, 0.2) is 24.3 Å². The molecule has 0 amide bonds. The zero-order chi connectivity index (χ0) is 23.8. The number of nitrogens with zero attached hydrogens (tertiary/aromatic N) is 4. The quantitative estimate of drug-likeness (QED) is 0.653. The molecule has 4 aliphatic carbocycles. The third-order valence-corrected chi connectivity index (χ3v) is 11.3. The zero-order valence-corrected chi connectivity index (χ0v) is 19.9. The molecule has 2 saturated heterocycles. The van der Waals surface area contributed by atoms with Crippen molar-refractivity contribution in [1.82, 2.24) is 19.7 Å². The van der Waals surface area contributed by atoms with Gasteiger partial charge in [-0.15, -0.1) is 0 Å². The van der Waals surface area contributed by atoms with Gasteiger partial charge in [0.1, 0.15) is 11.4 Å². The van der Waals surface area contributed by atoms with Crippen LogP contribution < -0.4 is 0 Å². The standard InChI is InChI=1S/C24H27F3N4O2S/c1-13(2)31-19(9-16(29-31)15-4-3-5-18(28-15)24(25,26)27)23-14-8-17(21(23)20(14)23)30-7-6-22(10-30)11-34(32,33)12-22/h3-5,9,13-14,17,20-21H,6-8,10-12H2,1-2H3/t14-,17-,20-,21?,23-/m1/s1. The van der Waals surface area contributed by atoms with Gasteiger partial charge in [-0.25, -0.2) is 13.4 Å². The minimum Gasteiger partial charge on any atom is -0.299 e. The Morgan fingerprint density at radius 2 is 1.91 bits per heavy atom. The smallest absolute Gasteiger partial charge is 0.299 e. The lowest BCUT2D eigenvalue weighted by Crippen LogP contribution is -2.50. The van der Waals surface area contributed by atoms with E-state index >= 15 is 0 Å². The van der Waals surface area contributed by atoms with Crippen LogP contribution in [0.25, 0.3) is 11.4 Å². The molecule has 2 aromatic rings. The molecule has 4 saturated carbocycles. The summed E-state index contributed by atoms with van der Waals surface area (Å²) in [7, 11) is -2.84. The van der Waals surface area contributed by atoms with Crippen LogP contribution in [0.5, 0.6) is 0 Å². The summed E-state index contributed by atoms with van der Waals surface area (Å²) in [5.41, 5.74) is 1.04. The Morgan fingerprint density at radius 3 is 2.56 bits per heavy atom. The van der Waals surface area contributed by atoms with Gasteiger partial charge >= 0.3 is 6.18 Å². The zero-order valence-electron chi connectivity index (χ0n) is 19.1. The lowest BCUT2D eigenvalue weighted by Gasteiger charge is -2.38. The number of halogens is 3. The van der Waals surface area contributed by atoms with Gasteiger partial charge in [-0.2, -0.15) is 18.3 Å². The number of hydrogen-bond donors (Lipinski definition) is 0. The summed E-state index contributed by atoms with van der Waals surface area (Å²) in [6.45, 7) is 5.95. The molecule has 182 valence electrons. The average Bonchev–Trinajstić information content (AvgIpc) is 3.23. The summed E-state index contributed by atoms with van der Waals surface area (Å²) in [6, 6.07) is 6.51. The van der Waals surface area contributed by atoms with Crippen molar-refractivity contribution in [3.8, 4) is 11.4 Å². The normalized spacial score (nSPS) is 36.6. The Morgan fingerprint density at radius 1 is 1.15 bits per heavy atom. The highest BCUT2D eigenvalue weighted by Crippen LogP contribution is 2.91. The Bertz CT molecular complexity index is 1300. The minimum absolute atomic E-state index is 0.0314. The number of hydrogen-bond acceptors (Lipinski definition) is 5. The molecule has 0 radical (unpaired) electrons. The molecule has 0 aromatic carbocycles. The maximum absolute atomic E-state index is 13.2. The number of pyridine rings is 1. The Balaban J connectivity index is 1.17. The van der Waals surface area contributed by atoms with Crippen LogP contribution in [-0.4, -0.2) is 58.7 Å². The van der Waals surface area contributed by atoms with E-state index in [2.05, 4.69) is 23.7 Å². The second kappa shape index (κ2) is 6.24. The summed E-state index contributed by atoms with van der Waals surface area (Å²) in [6.07, 6.45) is -2.40. The van der Waals surface area contributed by atoms with Gasteiger partial charge in [0.25, 0.3) is 0 Å². The first-order chi connectivity index (χ1) is 16.0. The van der Waals surface area contributed by atoms with Crippen molar-refractivity contribution in [3.63, 3.8) is 0 Å². The monoisotopic (exact) mass is 492 g/mol. The number of aromatic nitrogens is 3. The molecule has 1 unspecified atom stereocenters. The number of fused-ring (bicyclic) bond motifs is 1. The van der Waals surface area contributed by atoms with Crippen molar-refractivity contribution < 1.29 is 21.6 Å². The van der Waals surface area contributed by atoms with E-state index in [1.54, 1.807) is 6.07 Å². The lowest BCUT2D eigenvalue weighted by molar-refractivity contribution is -0.141. The van der Waals surface area contributed by atoms with Crippen LogP contribution in [0.3, 0.4) is 0 Å². The van der Waals surface area contributed by atoms with Crippen LogP contribution >= 0.6 is 0 Å². The lowest BCUT2D eigenvalue weighted by atomic mass is 9.91. The molecule has 2 bridgehead atoms. The largest absolute Gasteiger partial charge is 0.433 e. The number of sulfone groups is 1. The SMILES string of the molecule is CC(C)n1nc(-c2cccc(C(F)(F)F)n2)cc1[C@]12C3[C@H](N4CCC5(C4)CS(=O)(=O)C5)C[C@@H]1[C@H]32.